The first kappa shape index (κ1) is 45.9. The number of hydrogen-bond donors (Lipinski definition) is 1. The van der Waals surface area contributed by atoms with E-state index in [0.29, 0.717) is 32.4 Å². The lowest BCUT2D eigenvalue weighted by molar-refractivity contribution is -0.150. The molecule has 0 aromatic carbocycles. The molecule has 278 valence electrons. The Morgan fingerprint density at radius 3 is 1.83 bits per heavy atom. The van der Waals surface area contributed by atoms with Crippen LogP contribution in [0.4, 0.5) is 0 Å². The molecule has 1 unspecified atom stereocenters. The molecule has 0 aliphatic rings. The molecule has 1 atom stereocenters. The van der Waals surface area contributed by atoms with Crippen molar-refractivity contribution in [2.24, 2.45) is 0 Å². The highest BCUT2D eigenvalue weighted by Gasteiger charge is 2.18. The molecule has 0 spiro atoms. The first-order valence-corrected chi connectivity index (χ1v) is 20.6. The third kappa shape index (κ3) is 31.9. The molecule has 0 amide bonds. The number of hydrogen-bond acceptors (Lipinski definition) is 8. The Kier molecular flexibility index (Phi) is 34.0. The summed E-state index contributed by atoms with van der Waals surface area (Å²) in [4.78, 5) is 29.2. The Balaban J connectivity index is 4.62. The van der Waals surface area contributed by atoms with Gasteiger partial charge in [0, 0.05) is 38.2 Å². The van der Waals surface area contributed by atoms with Gasteiger partial charge in [0.25, 0.3) is 0 Å². The van der Waals surface area contributed by atoms with Gasteiger partial charge in [-0.05, 0) is 71.9 Å². The fourth-order valence-electron chi connectivity index (χ4n) is 5.51. The monoisotopic (exact) mass is 685 g/mol. The minimum atomic E-state index is -0.608. The SMILES string of the molecule is CCCCCC/C=C\COC(=O)CCCCCN(CCCC(=O)OC(CCCCCCC)CCCCCCC)C(O)SCCN(C)C. The number of nitrogens with zero attached hydrogens (tertiary/aromatic N) is 2. The van der Waals surface area contributed by atoms with Gasteiger partial charge in [0.15, 0.2) is 5.56 Å². The van der Waals surface area contributed by atoms with Crippen LogP contribution in [0.2, 0.25) is 0 Å². The predicted octanol–water partition coefficient (Wildman–Crippen LogP) is 9.90. The molecule has 0 fully saturated rings. The number of carbonyl (C=O) groups excluding carboxylic acids is 2. The van der Waals surface area contributed by atoms with Crippen LogP contribution in [-0.2, 0) is 19.1 Å². The van der Waals surface area contributed by atoms with Gasteiger partial charge in [0.1, 0.15) is 12.7 Å². The van der Waals surface area contributed by atoms with Crippen LogP contribution in [0, 0.1) is 0 Å². The number of allylic oxidation sites excluding steroid dienone is 1. The van der Waals surface area contributed by atoms with Gasteiger partial charge >= 0.3 is 11.9 Å². The minimum absolute atomic E-state index is 0.0345. The van der Waals surface area contributed by atoms with Gasteiger partial charge in [0.2, 0.25) is 0 Å². The molecular weight excluding hydrogens is 609 g/mol. The topological polar surface area (TPSA) is 79.3 Å². The lowest BCUT2D eigenvalue weighted by atomic mass is 10.0. The Bertz CT molecular complexity index is 722. The van der Waals surface area contributed by atoms with Crippen LogP contribution >= 0.6 is 11.8 Å². The highest BCUT2D eigenvalue weighted by atomic mass is 32.2. The van der Waals surface area contributed by atoms with E-state index in [1.807, 2.05) is 20.2 Å². The third-order valence-corrected chi connectivity index (χ3v) is 9.57. The molecule has 8 heteroatoms. The molecule has 0 heterocycles. The number of carbonyl (C=O) groups is 2. The fourth-order valence-corrected chi connectivity index (χ4v) is 6.62. The molecule has 0 aliphatic carbocycles. The fraction of sp³-hybridized carbons (Fsp3) is 0.897. The van der Waals surface area contributed by atoms with Gasteiger partial charge in [-0.15, -0.1) is 11.8 Å². The summed E-state index contributed by atoms with van der Waals surface area (Å²) in [5, 5.41) is 11.0. The maximum atomic E-state index is 12.9. The zero-order valence-corrected chi connectivity index (χ0v) is 32.3. The zero-order chi connectivity index (χ0) is 34.8. The van der Waals surface area contributed by atoms with Gasteiger partial charge in [-0.25, -0.2) is 0 Å². The average Bonchev–Trinajstić information content (AvgIpc) is 3.04. The Morgan fingerprint density at radius 2 is 1.21 bits per heavy atom. The van der Waals surface area contributed by atoms with E-state index in [1.165, 1.54) is 77.0 Å². The molecular formula is C39H76N2O5S. The van der Waals surface area contributed by atoms with E-state index in [0.717, 1.165) is 70.2 Å². The number of rotatable bonds is 35. The van der Waals surface area contributed by atoms with Crippen molar-refractivity contribution < 1.29 is 24.2 Å². The number of aliphatic hydroxyl groups is 1. The molecule has 47 heavy (non-hydrogen) atoms. The summed E-state index contributed by atoms with van der Waals surface area (Å²) < 4.78 is 11.4. The molecule has 0 aliphatic heterocycles. The van der Waals surface area contributed by atoms with Gasteiger partial charge in [0.05, 0.1) is 0 Å². The molecule has 0 aromatic rings. The summed E-state index contributed by atoms with van der Waals surface area (Å²) in [6.07, 6.45) is 28.4. The summed E-state index contributed by atoms with van der Waals surface area (Å²) in [7, 11) is 4.08. The van der Waals surface area contributed by atoms with E-state index in [4.69, 9.17) is 9.47 Å². The van der Waals surface area contributed by atoms with Crippen LogP contribution < -0.4 is 0 Å². The summed E-state index contributed by atoms with van der Waals surface area (Å²) in [5.41, 5.74) is -0.608. The smallest absolute Gasteiger partial charge is 0.306 e. The van der Waals surface area contributed by atoms with Crippen molar-refractivity contribution in [2.45, 2.75) is 180 Å². The lowest BCUT2D eigenvalue weighted by Gasteiger charge is -2.28. The number of esters is 2. The normalized spacial score (nSPS) is 12.5. The largest absolute Gasteiger partial charge is 0.462 e. The number of thioether (sulfide) groups is 1. The Labute approximate surface area is 295 Å². The molecule has 1 N–H and O–H groups in total. The van der Waals surface area contributed by atoms with Crippen LogP contribution in [0.15, 0.2) is 12.2 Å². The van der Waals surface area contributed by atoms with Crippen LogP contribution in [-0.4, -0.2) is 84.6 Å². The van der Waals surface area contributed by atoms with Crippen molar-refractivity contribution in [3.63, 3.8) is 0 Å². The van der Waals surface area contributed by atoms with E-state index in [2.05, 4.69) is 36.6 Å². The first-order valence-electron chi connectivity index (χ1n) is 19.5. The van der Waals surface area contributed by atoms with Crippen molar-refractivity contribution in [3.8, 4) is 0 Å². The highest BCUT2D eigenvalue weighted by molar-refractivity contribution is 7.99. The summed E-state index contributed by atoms with van der Waals surface area (Å²) in [6.45, 7) is 9.33. The van der Waals surface area contributed by atoms with Crippen LogP contribution in [0.25, 0.3) is 0 Å². The van der Waals surface area contributed by atoms with Gasteiger partial charge in [-0.1, -0.05) is 110 Å². The second-order valence-electron chi connectivity index (χ2n) is 13.5. The van der Waals surface area contributed by atoms with Gasteiger partial charge in [-0.2, -0.15) is 0 Å². The zero-order valence-electron chi connectivity index (χ0n) is 31.5. The van der Waals surface area contributed by atoms with Crippen molar-refractivity contribution >= 4 is 23.7 Å². The predicted molar refractivity (Wildman–Crippen MR) is 202 cm³/mol. The number of ether oxygens (including phenoxy) is 2. The maximum Gasteiger partial charge on any atom is 0.306 e. The van der Waals surface area contributed by atoms with Crippen LogP contribution in [0.1, 0.15) is 168 Å². The molecule has 7 nitrogen and oxygen atoms in total. The standard InChI is InChI=1S/C39H76N2O5S/c1-6-9-12-15-16-19-25-34-45-37(42)29-23-20-24-31-41(39(44)47-35-33-40(4)5)32-26-30-38(43)46-36(27-21-17-13-10-7-2)28-22-18-14-11-8-3/h19,25,36,39,44H,6-18,20-24,26-35H2,1-5H3/b25-19-. The third-order valence-electron chi connectivity index (χ3n) is 8.56. The average molecular weight is 685 g/mol. The van der Waals surface area contributed by atoms with Crippen molar-refractivity contribution in [1.29, 1.82) is 0 Å². The second kappa shape index (κ2) is 34.8. The van der Waals surface area contributed by atoms with Gasteiger partial charge < -0.3 is 19.5 Å². The number of aliphatic hydroxyl groups excluding tert-OH is 1. The van der Waals surface area contributed by atoms with E-state index < -0.39 is 5.56 Å². The van der Waals surface area contributed by atoms with E-state index >= 15 is 0 Å². The molecule has 0 bridgehead atoms. The molecule has 0 rings (SSSR count). The van der Waals surface area contributed by atoms with E-state index in [9.17, 15) is 14.7 Å². The van der Waals surface area contributed by atoms with E-state index in [-0.39, 0.29) is 18.0 Å². The molecule has 0 saturated heterocycles. The Hall–Kier alpha value is -1.09. The van der Waals surface area contributed by atoms with E-state index in [1.54, 1.807) is 11.8 Å². The molecule has 0 aromatic heterocycles. The lowest BCUT2D eigenvalue weighted by Crippen LogP contribution is -2.36. The van der Waals surface area contributed by atoms with Crippen LogP contribution in [0.5, 0.6) is 0 Å². The van der Waals surface area contributed by atoms with Crippen molar-refractivity contribution in [3.05, 3.63) is 12.2 Å². The molecule has 0 saturated carbocycles. The summed E-state index contributed by atoms with van der Waals surface area (Å²) >= 11 is 1.54. The van der Waals surface area contributed by atoms with Crippen molar-refractivity contribution in [2.75, 3.05) is 46.1 Å². The van der Waals surface area contributed by atoms with Crippen molar-refractivity contribution in [1.82, 2.24) is 9.80 Å². The second-order valence-corrected chi connectivity index (χ2v) is 14.6. The summed E-state index contributed by atoms with van der Waals surface area (Å²) in [6, 6.07) is 0. The number of unbranched alkanes of at least 4 members (excludes halogenated alkanes) is 14. The minimum Gasteiger partial charge on any atom is -0.462 e. The van der Waals surface area contributed by atoms with Gasteiger partial charge in [-0.3, -0.25) is 14.5 Å². The quantitative estimate of drug-likeness (QED) is 0.0306. The molecule has 0 radical (unpaired) electrons. The maximum absolute atomic E-state index is 12.9. The Morgan fingerprint density at radius 1 is 0.660 bits per heavy atom. The summed E-state index contributed by atoms with van der Waals surface area (Å²) in [5.74, 6) is 0.594. The van der Waals surface area contributed by atoms with Crippen LogP contribution in [0.3, 0.4) is 0 Å². The highest BCUT2D eigenvalue weighted by Crippen LogP contribution is 2.19. The first-order chi connectivity index (χ1) is 22.8.